The summed E-state index contributed by atoms with van der Waals surface area (Å²) in [7, 11) is 0. The highest BCUT2D eigenvalue weighted by molar-refractivity contribution is 5.75. The summed E-state index contributed by atoms with van der Waals surface area (Å²) in [4.78, 5) is 23.6. The number of carboxylic acids is 2. The lowest BCUT2D eigenvalue weighted by Gasteiger charge is -2.62. The van der Waals surface area contributed by atoms with E-state index in [2.05, 4.69) is 13.5 Å². The Morgan fingerprint density at radius 2 is 1.80 bits per heavy atom. The number of fused-ring (bicyclic) bond motifs is 1. The van der Waals surface area contributed by atoms with E-state index in [0.29, 0.717) is 6.42 Å². The van der Waals surface area contributed by atoms with Gasteiger partial charge in [0.2, 0.25) is 0 Å². The van der Waals surface area contributed by atoms with Gasteiger partial charge in [0.05, 0.1) is 23.0 Å². The van der Waals surface area contributed by atoms with Crippen LogP contribution in [0.5, 0.6) is 0 Å². The highest BCUT2D eigenvalue weighted by Gasteiger charge is 2.62. The van der Waals surface area contributed by atoms with Gasteiger partial charge in [0.1, 0.15) is 0 Å². The highest BCUT2D eigenvalue weighted by Crippen LogP contribution is 2.62. The van der Waals surface area contributed by atoms with Gasteiger partial charge in [-0.15, -0.1) is 6.58 Å². The van der Waals surface area contributed by atoms with Gasteiger partial charge in [0.15, 0.2) is 0 Å². The van der Waals surface area contributed by atoms with Gasteiger partial charge in [-0.1, -0.05) is 13.0 Å². The fourth-order valence-electron chi connectivity index (χ4n) is 5.70. The third-order valence-electron chi connectivity index (χ3n) is 7.04. The molecule has 5 heteroatoms. The lowest BCUT2D eigenvalue weighted by Crippen LogP contribution is -2.62. The number of ether oxygens (including phenoxy) is 1. The van der Waals surface area contributed by atoms with Gasteiger partial charge in [-0.3, -0.25) is 9.59 Å². The van der Waals surface area contributed by atoms with Crippen LogP contribution >= 0.6 is 0 Å². The van der Waals surface area contributed by atoms with Crippen molar-refractivity contribution in [1.82, 2.24) is 0 Å². The van der Waals surface area contributed by atoms with E-state index in [-0.39, 0.29) is 18.3 Å². The van der Waals surface area contributed by atoms with Crippen molar-refractivity contribution in [3.63, 3.8) is 0 Å². The third-order valence-corrected chi connectivity index (χ3v) is 7.04. The molecule has 5 nitrogen and oxygen atoms in total. The zero-order valence-corrected chi connectivity index (χ0v) is 16.1. The van der Waals surface area contributed by atoms with Crippen molar-refractivity contribution in [2.24, 2.45) is 22.7 Å². The Kier molecular flexibility index (Phi) is 4.88. The Morgan fingerprint density at radius 3 is 2.28 bits per heavy atom. The number of rotatable bonds is 5. The molecule has 1 saturated heterocycles. The molecule has 25 heavy (non-hydrogen) atoms. The maximum absolute atomic E-state index is 11.9. The van der Waals surface area contributed by atoms with E-state index in [0.717, 1.165) is 19.3 Å². The zero-order valence-electron chi connectivity index (χ0n) is 16.1. The summed E-state index contributed by atoms with van der Waals surface area (Å²) in [6, 6.07) is 0. The van der Waals surface area contributed by atoms with Crippen molar-refractivity contribution in [3.8, 4) is 0 Å². The molecule has 142 valence electrons. The van der Waals surface area contributed by atoms with Crippen LogP contribution in [0.3, 0.4) is 0 Å². The first-order valence-electron chi connectivity index (χ1n) is 9.10. The van der Waals surface area contributed by atoms with E-state index >= 15 is 0 Å². The van der Waals surface area contributed by atoms with Gasteiger partial charge in [-0.2, -0.15) is 0 Å². The second-order valence-corrected chi connectivity index (χ2v) is 9.22. The van der Waals surface area contributed by atoms with Crippen LogP contribution in [0.25, 0.3) is 0 Å². The van der Waals surface area contributed by atoms with E-state index in [9.17, 15) is 19.8 Å². The molecule has 2 N–H and O–H groups in total. The molecule has 1 aliphatic carbocycles. The first-order valence-corrected chi connectivity index (χ1v) is 9.10. The Hall–Kier alpha value is -1.36. The Bertz CT molecular complexity index is 583. The molecular formula is C20H32O5. The van der Waals surface area contributed by atoms with Crippen molar-refractivity contribution in [2.75, 3.05) is 0 Å². The Morgan fingerprint density at radius 1 is 1.20 bits per heavy atom. The number of aliphatic carboxylic acids is 2. The third kappa shape index (κ3) is 3.23. The minimum absolute atomic E-state index is 0.00139. The van der Waals surface area contributed by atoms with Crippen LogP contribution in [0.4, 0.5) is 0 Å². The monoisotopic (exact) mass is 352 g/mol. The van der Waals surface area contributed by atoms with Gasteiger partial charge in [-0.25, -0.2) is 0 Å². The van der Waals surface area contributed by atoms with Crippen LogP contribution in [-0.2, 0) is 14.3 Å². The average Bonchev–Trinajstić information content (AvgIpc) is 2.44. The zero-order chi connectivity index (χ0) is 19.3. The second-order valence-electron chi connectivity index (χ2n) is 9.22. The molecule has 0 aromatic rings. The summed E-state index contributed by atoms with van der Waals surface area (Å²) >= 11 is 0. The largest absolute Gasteiger partial charge is 0.481 e. The molecule has 0 aromatic carbocycles. The maximum Gasteiger partial charge on any atom is 0.309 e. The van der Waals surface area contributed by atoms with Gasteiger partial charge in [0, 0.05) is 0 Å². The van der Waals surface area contributed by atoms with Gasteiger partial charge in [0.25, 0.3) is 0 Å². The SMILES string of the molecule is C=C[C@@]1(C)CCC2[C@@](C)(CC(=O)O)C(C(C)(C)C(=O)O)CC[C@@]2(C)O1. The van der Waals surface area contributed by atoms with Crippen molar-refractivity contribution >= 4 is 11.9 Å². The predicted molar refractivity (Wildman–Crippen MR) is 95.3 cm³/mol. The summed E-state index contributed by atoms with van der Waals surface area (Å²) in [5.41, 5.74) is -2.49. The molecule has 0 aromatic heterocycles. The minimum atomic E-state index is -0.981. The highest BCUT2D eigenvalue weighted by atomic mass is 16.5. The molecule has 2 rings (SSSR count). The van der Waals surface area contributed by atoms with Gasteiger partial charge < -0.3 is 14.9 Å². The summed E-state index contributed by atoms with van der Waals surface area (Å²) < 4.78 is 6.45. The van der Waals surface area contributed by atoms with Gasteiger partial charge >= 0.3 is 11.9 Å². The lowest BCUT2D eigenvalue weighted by molar-refractivity contribution is -0.247. The number of hydrogen-bond donors (Lipinski definition) is 2. The fraction of sp³-hybridized carbons (Fsp3) is 0.800. The van der Waals surface area contributed by atoms with Crippen LogP contribution < -0.4 is 0 Å². The van der Waals surface area contributed by atoms with E-state index < -0.39 is 34.0 Å². The van der Waals surface area contributed by atoms with Crippen LogP contribution in [0.15, 0.2) is 12.7 Å². The molecule has 0 bridgehead atoms. The van der Waals surface area contributed by atoms with Crippen molar-refractivity contribution < 1.29 is 24.5 Å². The summed E-state index contributed by atoms with van der Waals surface area (Å²) in [6.07, 6.45) is 4.75. The molecule has 1 heterocycles. The minimum Gasteiger partial charge on any atom is -0.481 e. The van der Waals surface area contributed by atoms with Crippen LogP contribution in [0, 0.1) is 22.7 Å². The molecule has 1 saturated carbocycles. The molecule has 0 amide bonds. The van der Waals surface area contributed by atoms with Crippen molar-refractivity contribution in [1.29, 1.82) is 0 Å². The van der Waals surface area contributed by atoms with E-state index in [4.69, 9.17) is 4.74 Å². The molecule has 1 aliphatic heterocycles. The normalized spacial score (nSPS) is 41.6. The van der Waals surface area contributed by atoms with Gasteiger partial charge in [-0.05, 0) is 70.6 Å². The summed E-state index contributed by atoms with van der Waals surface area (Å²) in [5, 5.41) is 19.3. The quantitative estimate of drug-likeness (QED) is 0.727. The molecule has 2 aliphatic rings. The van der Waals surface area contributed by atoms with E-state index in [1.807, 2.05) is 19.9 Å². The van der Waals surface area contributed by atoms with E-state index in [1.165, 1.54) is 0 Å². The average molecular weight is 352 g/mol. The van der Waals surface area contributed by atoms with Crippen LogP contribution in [0.1, 0.15) is 66.7 Å². The van der Waals surface area contributed by atoms with E-state index in [1.54, 1.807) is 13.8 Å². The number of carboxylic acid groups (broad SMARTS) is 2. The molecule has 0 radical (unpaired) electrons. The van der Waals surface area contributed by atoms with Crippen LogP contribution in [-0.4, -0.2) is 33.4 Å². The number of carbonyl (C=O) groups is 2. The standard InChI is InChI=1S/C20H32O5/c1-7-18(4)10-8-14-19(5,12-15(21)22)13(17(2,3)16(23)24)9-11-20(14,6)25-18/h7,13-14H,1,8-12H2,2-6H3,(H,21,22)(H,23,24)/t13?,14?,18-,19-,20+/m0/s1. The molecule has 0 spiro atoms. The van der Waals surface area contributed by atoms with Crippen molar-refractivity contribution in [2.45, 2.75) is 77.9 Å². The summed E-state index contributed by atoms with van der Waals surface area (Å²) in [5.74, 6) is -1.97. The smallest absolute Gasteiger partial charge is 0.309 e. The summed E-state index contributed by atoms with van der Waals surface area (Å²) in [6.45, 7) is 13.4. The Labute approximate surface area is 150 Å². The second kappa shape index (κ2) is 6.11. The number of hydrogen-bond acceptors (Lipinski definition) is 3. The first kappa shape index (κ1) is 20.0. The van der Waals surface area contributed by atoms with Crippen LogP contribution in [0.2, 0.25) is 0 Å². The fourth-order valence-corrected chi connectivity index (χ4v) is 5.70. The maximum atomic E-state index is 11.9. The molecule has 2 unspecified atom stereocenters. The Balaban J connectivity index is 2.49. The predicted octanol–water partition coefficient (Wildman–Crippen LogP) is 4.12. The lowest BCUT2D eigenvalue weighted by atomic mass is 9.47. The van der Waals surface area contributed by atoms with Crippen molar-refractivity contribution in [3.05, 3.63) is 12.7 Å². The molecule has 5 atom stereocenters. The molecule has 2 fully saturated rings. The topological polar surface area (TPSA) is 83.8 Å². The molecular weight excluding hydrogens is 320 g/mol. The first-order chi connectivity index (χ1) is 11.3.